The fraction of sp³-hybridized carbons (Fsp3) is 0.889. The van der Waals surface area contributed by atoms with Gasteiger partial charge in [0.2, 0.25) is 0 Å². The molecule has 1 saturated carbocycles. The number of ketones is 1. The molecule has 0 aromatic heterocycles. The Morgan fingerprint density at radius 3 is 2.45 bits per heavy atom. The van der Waals surface area contributed by atoms with E-state index >= 15 is 0 Å². The zero-order chi connectivity index (χ0) is 7.73. The van der Waals surface area contributed by atoms with E-state index in [1.165, 1.54) is 12.8 Å². The Morgan fingerprint density at radius 2 is 1.91 bits per heavy atom. The zero-order valence-corrected chi connectivity index (χ0v) is 6.77. The summed E-state index contributed by atoms with van der Waals surface area (Å²) in [7, 11) is 0. The van der Waals surface area contributed by atoms with Gasteiger partial charge in [0.15, 0.2) is 0 Å². The molecule has 1 aliphatic carbocycles. The summed E-state index contributed by atoms with van der Waals surface area (Å²) in [5, 5.41) is 0. The van der Waals surface area contributed by atoms with E-state index in [9.17, 15) is 4.79 Å². The Hall–Kier alpha value is -0.370. The lowest BCUT2D eigenvalue weighted by Gasteiger charge is -2.31. The average molecular weight is 154 g/mol. The van der Waals surface area contributed by atoms with Crippen LogP contribution in [-0.2, 0) is 9.53 Å². The summed E-state index contributed by atoms with van der Waals surface area (Å²) in [5.41, 5.74) is 0.133. The summed E-state index contributed by atoms with van der Waals surface area (Å²) in [4.78, 5) is 10.9. The average Bonchev–Trinajstić information content (AvgIpc) is 2.45. The standard InChI is InChI=1S/C9H14O2/c10-8-2-5-9(6-3-8)4-1-7-11-9/h1-7H2. The molecule has 0 bridgehead atoms. The van der Waals surface area contributed by atoms with Crippen LogP contribution in [0.25, 0.3) is 0 Å². The maximum absolute atomic E-state index is 10.9. The van der Waals surface area contributed by atoms with Gasteiger partial charge in [0.1, 0.15) is 5.78 Å². The van der Waals surface area contributed by atoms with Crippen LogP contribution >= 0.6 is 0 Å². The summed E-state index contributed by atoms with van der Waals surface area (Å²) in [5.74, 6) is 0.422. The predicted molar refractivity (Wildman–Crippen MR) is 41.4 cm³/mol. The van der Waals surface area contributed by atoms with Gasteiger partial charge in [-0.25, -0.2) is 0 Å². The van der Waals surface area contributed by atoms with E-state index in [1.54, 1.807) is 0 Å². The van der Waals surface area contributed by atoms with Crippen LogP contribution in [0.5, 0.6) is 0 Å². The molecule has 0 radical (unpaired) electrons. The van der Waals surface area contributed by atoms with Crippen molar-refractivity contribution >= 4 is 5.78 Å². The quantitative estimate of drug-likeness (QED) is 0.530. The summed E-state index contributed by atoms with van der Waals surface area (Å²) in [6, 6.07) is 0. The first-order valence-corrected chi connectivity index (χ1v) is 4.46. The maximum Gasteiger partial charge on any atom is 0.133 e. The van der Waals surface area contributed by atoms with Crippen LogP contribution in [0.15, 0.2) is 0 Å². The molecule has 1 saturated heterocycles. The highest BCUT2D eigenvalue weighted by Gasteiger charge is 2.38. The van der Waals surface area contributed by atoms with Gasteiger partial charge in [0, 0.05) is 19.4 Å². The van der Waals surface area contributed by atoms with Crippen LogP contribution < -0.4 is 0 Å². The van der Waals surface area contributed by atoms with E-state index < -0.39 is 0 Å². The molecule has 2 heteroatoms. The molecular formula is C9H14O2. The third-order valence-corrected chi connectivity index (χ3v) is 2.90. The van der Waals surface area contributed by atoms with Crippen LogP contribution in [0.3, 0.4) is 0 Å². The van der Waals surface area contributed by atoms with Crippen molar-refractivity contribution in [3.05, 3.63) is 0 Å². The largest absolute Gasteiger partial charge is 0.375 e. The summed E-state index contributed by atoms with van der Waals surface area (Å²) in [6.45, 7) is 0.911. The molecule has 0 unspecified atom stereocenters. The van der Waals surface area contributed by atoms with E-state index in [2.05, 4.69) is 0 Å². The Morgan fingerprint density at radius 1 is 1.18 bits per heavy atom. The van der Waals surface area contributed by atoms with Crippen molar-refractivity contribution < 1.29 is 9.53 Å². The number of hydrogen-bond donors (Lipinski definition) is 0. The van der Waals surface area contributed by atoms with Gasteiger partial charge < -0.3 is 4.74 Å². The van der Waals surface area contributed by atoms with Crippen LogP contribution in [0.2, 0.25) is 0 Å². The predicted octanol–water partition coefficient (Wildman–Crippen LogP) is 1.68. The van der Waals surface area contributed by atoms with Crippen LogP contribution in [0, 0.1) is 0 Å². The minimum absolute atomic E-state index is 0.133. The smallest absolute Gasteiger partial charge is 0.133 e. The second-order valence-corrected chi connectivity index (χ2v) is 3.67. The van der Waals surface area contributed by atoms with Crippen LogP contribution in [0.1, 0.15) is 38.5 Å². The van der Waals surface area contributed by atoms with E-state index in [4.69, 9.17) is 4.74 Å². The number of carbonyl (C=O) groups is 1. The molecule has 0 aromatic carbocycles. The number of Topliss-reactive ketones (excluding diaryl/α,β-unsaturated/α-hetero) is 1. The van der Waals surface area contributed by atoms with Crippen molar-refractivity contribution in [2.45, 2.75) is 44.1 Å². The number of rotatable bonds is 0. The highest BCUT2D eigenvalue weighted by molar-refractivity contribution is 5.79. The number of carbonyl (C=O) groups excluding carboxylic acids is 1. The molecular weight excluding hydrogens is 140 g/mol. The van der Waals surface area contributed by atoms with Crippen molar-refractivity contribution in [2.75, 3.05) is 6.61 Å². The Labute approximate surface area is 66.9 Å². The zero-order valence-electron chi connectivity index (χ0n) is 6.77. The lowest BCUT2D eigenvalue weighted by atomic mass is 9.82. The topological polar surface area (TPSA) is 26.3 Å². The molecule has 2 nitrogen and oxygen atoms in total. The minimum Gasteiger partial charge on any atom is -0.375 e. The van der Waals surface area contributed by atoms with E-state index in [0.717, 1.165) is 32.3 Å². The second-order valence-electron chi connectivity index (χ2n) is 3.67. The fourth-order valence-corrected chi connectivity index (χ4v) is 2.13. The summed E-state index contributed by atoms with van der Waals surface area (Å²) >= 11 is 0. The summed E-state index contributed by atoms with van der Waals surface area (Å²) in [6.07, 6.45) is 5.83. The molecule has 0 aromatic rings. The van der Waals surface area contributed by atoms with Gasteiger partial charge in [-0.15, -0.1) is 0 Å². The van der Waals surface area contributed by atoms with E-state index in [0.29, 0.717) is 5.78 Å². The second kappa shape index (κ2) is 2.59. The van der Waals surface area contributed by atoms with Gasteiger partial charge in [-0.05, 0) is 25.7 Å². The highest BCUT2D eigenvalue weighted by atomic mass is 16.5. The molecule has 11 heavy (non-hydrogen) atoms. The molecule has 1 spiro atoms. The van der Waals surface area contributed by atoms with E-state index in [-0.39, 0.29) is 5.60 Å². The van der Waals surface area contributed by atoms with Gasteiger partial charge >= 0.3 is 0 Å². The third kappa shape index (κ3) is 1.32. The first kappa shape index (κ1) is 7.29. The number of ether oxygens (including phenoxy) is 1. The van der Waals surface area contributed by atoms with Crippen molar-refractivity contribution in [2.24, 2.45) is 0 Å². The van der Waals surface area contributed by atoms with Crippen LogP contribution in [-0.4, -0.2) is 18.0 Å². The van der Waals surface area contributed by atoms with E-state index in [1.807, 2.05) is 0 Å². The van der Waals surface area contributed by atoms with Gasteiger partial charge in [0.25, 0.3) is 0 Å². The Balaban J connectivity index is 1.99. The maximum atomic E-state index is 10.9. The SMILES string of the molecule is O=C1CCC2(CCCO2)CC1. The normalized spacial score (nSPS) is 29.6. The molecule has 2 rings (SSSR count). The van der Waals surface area contributed by atoms with Gasteiger partial charge in [-0.3, -0.25) is 4.79 Å². The van der Waals surface area contributed by atoms with Crippen molar-refractivity contribution in [3.63, 3.8) is 0 Å². The molecule has 0 N–H and O–H groups in total. The van der Waals surface area contributed by atoms with Crippen molar-refractivity contribution in [3.8, 4) is 0 Å². The molecule has 0 atom stereocenters. The molecule has 62 valence electrons. The Bertz CT molecular complexity index is 156. The Kier molecular flexibility index (Phi) is 1.72. The first-order valence-electron chi connectivity index (χ1n) is 4.46. The van der Waals surface area contributed by atoms with Gasteiger partial charge in [-0.2, -0.15) is 0 Å². The van der Waals surface area contributed by atoms with Crippen molar-refractivity contribution in [1.82, 2.24) is 0 Å². The highest BCUT2D eigenvalue weighted by Crippen LogP contribution is 2.37. The van der Waals surface area contributed by atoms with Crippen LogP contribution in [0.4, 0.5) is 0 Å². The number of hydrogen-bond acceptors (Lipinski definition) is 2. The van der Waals surface area contributed by atoms with Crippen molar-refractivity contribution in [1.29, 1.82) is 0 Å². The van der Waals surface area contributed by atoms with Gasteiger partial charge in [-0.1, -0.05) is 0 Å². The first-order chi connectivity index (χ1) is 5.31. The molecule has 1 aliphatic heterocycles. The third-order valence-electron chi connectivity index (χ3n) is 2.90. The minimum atomic E-state index is 0.133. The summed E-state index contributed by atoms with van der Waals surface area (Å²) < 4.78 is 5.68. The molecule has 0 amide bonds. The lowest BCUT2D eigenvalue weighted by Crippen LogP contribution is -2.33. The molecule has 2 fully saturated rings. The molecule has 2 aliphatic rings. The molecule has 1 heterocycles. The fourth-order valence-electron chi connectivity index (χ4n) is 2.13. The van der Waals surface area contributed by atoms with Gasteiger partial charge in [0.05, 0.1) is 5.60 Å². The lowest BCUT2D eigenvalue weighted by molar-refractivity contribution is -0.126. The monoisotopic (exact) mass is 154 g/mol.